The van der Waals surface area contributed by atoms with Crippen LogP contribution in [0.5, 0.6) is 0 Å². The Morgan fingerprint density at radius 2 is 2.26 bits per heavy atom. The molecule has 0 radical (unpaired) electrons. The number of nitrogens with one attached hydrogen (secondary N) is 3. The monoisotopic (exact) mass is 263 g/mol. The van der Waals surface area contributed by atoms with Gasteiger partial charge in [-0.05, 0) is 18.6 Å². The first-order valence-corrected chi connectivity index (χ1v) is 5.67. The summed E-state index contributed by atoms with van der Waals surface area (Å²) in [5.74, 6) is 3.90. The number of hydrazine groups is 1. The number of carbonyl (C=O) groups excluding carboxylic acids is 3. The molecule has 3 amide bonds. The molecule has 100 valence electrons. The van der Waals surface area contributed by atoms with Crippen molar-refractivity contribution in [2.75, 3.05) is 5.43 Å². The Labute approximate surface area is 108 Å². The largest absolute Gasteiger partial charge is 0.339 e. The highest BCUT2D eigenvalue weighted by Crippen LogP contribution is 2.08. The second-order valence-corrected chi connectivity index (χ2v) is 4.05. The fraction of sp³-hybridized carbons (Fsp3) is 0.273. The molecule has 0 aliphatic carbocycles. The SMILES string of the molecule is NNc1ccnc(C(=O)NC2CCC(=O)NC2=O)c1. The highest BCUT2D eigenvalue weighted by Gasteiger charge is 2.28. The lowest BCUT2D eigenvalue weighted by Gasteiger charge is -2.21. The molecule has 1 saturated heterocycles. The predicted molar refractivity (Wildman–Crippen MR) is 65.7 cm³/mol. The lowest BCUT2D eigenvalue weighted by molar-refractivity contribution is -0.134. The molecule has 1 atom stereocenters. The Balaban J connectivity index is 2.04. The van der Waals surface area contributed by atoms with Crippen molar-refractivity contribution in [2.24, 2.45) is 5.84 Å². The molecule has 8 nitrogen and oxygen atoms in total. The Hall–Kier alpha value is -2.48. The molecule has 2 rings (SSSR count). The third-order valence-corrected chi connectivity index (χ3v) is 2.70. The summed E-state index contributed by atoms with van der Waals surface area (Å²) < 4.78 is 0. The molecule has 1 aliphatic rings. The minimum atomic E-state index is -0.721. The van der Waals surface area contributed by atoms with Gasteiger partial charge in [-0.1, -0.05) is 0 Å². The highest BCUT2D eigenvalue weighted by atomic mass is 16.2. The van der Waals surface area contributed by atoms with Crippen molar-refractivity contribution >= 4 is 23.4 Å². The maximum Gasteiger partial charge on any atom is 0.270 e. The van der Waals surface area contributed by atoms with E-state index in [1.165, 1.54) is 12.3 Å². The number of imide groups is 1. The molecule has 1 aromatic rings. The maximum absolute atomic E-state index is 11.9. The van der Waals surface area contributed by atoms with Crippen molar-refractivity contribution < 1.29 is 14.4 Å². The van der Waals surface area contributed by atoms with Crippen LogP contribution in [0.2, 0.25) is 0 Å². The number of anilines is 1. The van der Waals surface area contributed by atoms with Crippen molar-refractivity contribution in [3.63, 3.8) is 0 Å². The number of nitrogen functional groups attached to an aromatic ring is 1. The van der Waals surface area contributed by atoms with E-state index in [-0.39, 0.29) is 24.4 Å². The lowest BCUT2D eigenvalue weighted by atomic mass is 10.1. The number of nitrogens with zero attached hydrogens (tertiary/aromatic N) is 1. The number of hydrogen-bond acceptors (Lipinski definition) is 6. The van der Waals surface area contributed by atoms with Gasteiger partial charge in [-0.15, -0.1) is 0 Å². The first kappa shape index (κ1) is 13.0. The zero-order valence-corrected chi connectivity index (χ0v) is 9.97. The van der Waals surface area contributed by atoms with Crippen LogP contribution in [0, 0.1) is 0 Å². The number of rotatable bonds is 3. The van der Waals surface area contributed by atoms with E-state index >= 15 is 0 Å². The van der Waals surface area contributed by atoms with Crippen LogP contribution < -0.4 is 21.9 Å². The van der Waals surface area contributed by atoms with Gasteiger partial charge in [0.15, 0.2) is 0 Å². The molecule has 1 aromatic heterocycles. The van der Waals surface area contributed by atoms with Gasteiger partial charge in [-0.2, -0.15) is 0 Å². The molecular weight excluding hydrogens is 250 g/mol. The summed E-state index contributed by atoms with van der Waals surface area (Å²) in [6.45, 7) is 0. The fourth-order valence-corrected chi connectivity index (χ4v) is 1.71. The van der Waals surface area contributed by atoms with Crippen molar-refractivity contribution in [1.82, 2.24) is 15.6 Å². The van der Waals surface area contributed by atoms with E-state index in [9.17, 15) is 14.4 Å². The molecule has 8 heteroatoms. The van der Waals surface area contributed by atoms with Gasteiger partial charge in [0.2, 0.25) is 11.8 Å². The summed E-state index contributed by atoms with van der Waals surface area (Å²) in [7, 11) is 0. The topological polar surface area (TPSA) is 126 Å². The number of amides is 3. The summed E-state index contributed by atoms with van der Waals surface area (Å²) >= 11 is 0. The molecule has 0 saturated carbocycles. The van der Waals surface area contributed by atoms with E-state index in [1.807, 2.05) is 0 Å². The predicted octanol–water partition coefficient (Wildman–Crippen LogP) is -1.10. The van der Waals surface area contributed by atoms with Gasteiger partial charge in [0, 0.05) is 12.6 Å². The van der Waals surface area contributed by atoms with Crippen LogP contribution in [0.4, 0.5) is 5.69 Å². The van der Waals surface area contributed by atoms with E-state index in [2.05, 4.69) is 21.0 Å². The van der Waals surface area contributed by atoms with Crippen molar-refractivity contribution in [3.8, 4) is 0 Å². The van der Waals surface area contributed by atoms with Crippen molar-refractivity contribution in [2.45, 2.75) is 18.9 Å². The summed E-state index contributed by atoms with van der Waals surface area (Å²) in [6, 6.07) is 2.34. The van der Waals surface area contributed by atoms with E-state index in [4.69, 9.17) is 5.84 Å². The zero-order valence-electron chi connectivity index (χ0n) is 9.97. The Kier molecular flexibility index (Phi) is 3.71. The minimum Gasteiger partial charge on any atom is -0.339 e. The smallest absolute Gasteiger partial charge is 0.270 e. The van der Waals surface area contributed by atoms with E-state index in [1.54, 1.807) is 6.07 Å². The molecule has 0 bridgehead atoms. The van der Waals surface area contributed by atoms with Gasteiger partial charge in [0.05, 0.1) is 5.69 Å². The number of pyridine rings is 1. The summed E-state index contributed by atoms with van der Waals surface area (Å²) in [4.78, 5) is 38.3. The van der Waals surface area contributed by atoms with Crippen LogP contribution in [-0.2, 0) is 9.59 Å². The van der Waals surface area contributed by atoms with Gasteiger partial charge in [-0.25, -0.2) is 0 Å². The van der Waals surface area contributed by atoms with Gasteiger partial charge in [0.25, 0.3) is 5.91 Å². The molecule has 0 aromatic carbocycles. The second kappa shape index (κ2) is 5.44. The number of piperidine rings is 1. The van der Waals surface area contributed by atoms with E-state index in [0.717, 1.165) is 0 Å². The molecule has 1 unspecified atom stereocenters. The number of carbonyl (C=O) groups is 3. The highest BCUT2D eigenvalue weighted by molar-refractivity contribution is 6.03. The Morgan fingerprint density at radius 1 is 1.47 bits per heavy atom. The van der Waals surface area contributed by atoms with Gasteiger partial charge >= 0.3 is 0 Å². The number of aromatic nitrogens is 1. The van der Waals surface area contributed by atoms with Crippen LogP contribution in [0.1, 0.15) is 23.3 Å². The van der Waals surface area contributed by atoms with Crippen LogP contribution in [0.25, 0.3) is 0 Å². The molecule has 1 fully saturated rings. The molecular formula is C11H13N5O3. The normalized spacial score (nSPS) is 18.7. The molecule has 0 spiro atoms. The summed E-state index contributed by atoms with van der Waals surface area (Å²) in [5.41, 5.74) is 3.07. The average molecular weight is 263 g/mol. The van der Waals surface area contributed by atoms with E-state index < -0.39 is 17.9 Å². The fourth-order valence-electron chi connectivity index (χ4n) is 1.71. The molecule has 1 aliphatic heterocycles. The van der Waals surface area contributed by atoms with Crippen molar-refractivity contribution in [1.29, 1.82) is 0 Å². The van der Waals surface area contributed by atoms with Crippen molar-refractivity contribution in [3.05, 3.63) is 24.0 Å². The molecule has 2 heterocycles. The van der Waals surface area contributed by atoms with Gasteiger partial charge in [0.1, 0.15) is 11.7 Å². The number of nitrogens with two attached hydrogens (primary N) is 1. The van der Waals surface area contributed by atoms with Crippen LogP contribution >= 0.6 is 0 Å². The number of hydrogen-bond donors (Lipinski definition) is 4. The van der Waals surface area contributed by atoms with Crippen LogP contribution in [-0.4, -0.2) is 28.7 Å². The quantitative estimate of drug-likeness (QED) is 0.311. The zero-order chi connectivity index (χ0) is 13.8. The maximum atomic E-state index is 11.9. The van der Waals surface area contributed by atoms with Crippen LogP contribution in [0.3, 0.4) is 0 Å². The first-order valence-electron chi connectivity index (χ1n) is 5.67. The lowest BCUT2D eigenvalue weighted by Crippen LogP contribution is -2.52. The summed E-state index contributed by atoms with van der Waals surface area (Å²) in [6.07, 6.45) is 1.91. The van der Waals surface area contributed by atoms with Gasteiger partial charge in [-0.3, -0.25) is 30.5 Å². The van der Waals surface area contributed by atoms with E-state index in [0.29, 0.717) is 5.69 Å². The Bertz CT molecular complexity index is 531. The third kappa shape index (κ3) is 3.05. The third-order valence-electron chi connectivity index (χ3n) is 2.70. The minimum absolute atomic E-state index is 0.139. The Morgan fingerprint density at radius 3 is 2.95 bits per heavy atom. The van der Waals surface area contributed by atoms with Crippen LogP contribution in [0.15, 0.2) is 18.3 Å². The van der Waals surface area contributed by atoms with Gasteiger partial charge < -0.3 is 10.7 Å². The average Bonchev–Trinajstić information content (AvgIpc) is 2.42. The molecule has 5 N–H and O–H groups in total. The molecule has 19 heavy (non-hydrogen) atoms. The summed E-state index contributed by atoms with van der Waals surface area (Å²) in [5, 5.41) is 4.69. The second-order valence-electron chi connectivity index (χ2n) is 4.05. The first-order chi connectivity index (χ1) is 9.10. The standard InChI is InChI=1S/C11H13N5O3/c12-16-6-3-4-13-8(5-6)11(19)14-7-1-2-9(17)15-10(7)18/h3-5,7H,1-2,12H2,(H,13,16)(H,14,19)(H,15,17,18).